The van der Waals surface area contributed by atoms with E-state index < -0.39 is 5.97 Å². The van der Waals surface area contributed by atoms with Crippen LogP contribution in [0.15, 0.2) is 16.7 Å². The van der Waals surface area contributed by atoms with E-state index in [0.717, 1.165) is 5.56 Å². The molecule has 1 N–H and O–H groups in total. The molecule has 1 aliphatic rings. The van der Waals surface area contributed by atoms with Crippen molar-refractivity contribution in [2.75, 3.05) is 6.79 Å². The van der Waals surface area contributed by atoms with E-state index in [2.05, 4.69) is 5.16 Å². The summed E-state index contributed by atoms with van der Waals surface area (Å²) in [6.45, 7) is 1.93. The van der Waals surface area contributed by atoms with Gasteiger partial charge in [-0.15, -0.1) is 0 Å². The van der Waals surface area contributed by atoms with Crippen molar-refractivity contribution in [2.24, 2.45) is 0 Å². The van der Waals surface area contributed by atoms with Gasteiger partial charge >= 0.3 is 5.97 Å². The van der Waals surface area contributed by atoms with Gasteiger partial charge in [0.15, 0.2) is 11.5 Å². The quantitative estimate of drug-likeness (QED) is 0.911. The molecule has 3 rings (SSSR count). The minimum atomic E-state index is -1.19. The predicted octanol–water partition coefficient (Wildman–Crippen LogP) is 2.73. The van der Waals surface area contributed by atoms with E-state index in [1.165, 1.54) is 6.07 Å². The smallest absolute Gasteiger partial charge is 0.374 e. The van der Waals surface area contributed by atoms with Crippen molar-refractivity contribution in [1.29, 1.82) is 0 Å². The first-order chi connectivity index (χ1) is 9.08. The number of fused-ring (bicyclic) bond motifs is 1. The SMILES string of the molecule is Cc1c2c(cc(Cl)c1-c1cc(C(=O)O)on1)OCO2. The van der Waals surface area contributed by atoms with E-state index in [4.69, 9.17) is 30.7 Å². The Morgan fingerprint density at radius 3 is 2.89 bits per heavy atom. The Balaban J connectivity index is 2.16. The summed E-state index contributed by atoms with van der Waals surface area (Å²) >= 11 is 6.17. The van der Waals surface area contributed by atoms with E-state index in [1.54, 1.807) is 13.0 Å². The summed E-state index contributed by atoms with van der Waals surface area (Å²) in [6.07, 6.45) is 0. The van der Waals surface area contributed by atoms with E-state index in [-0.39, 0.29) is 12.6 Å². The van der Waals surface area contributed by atoms with Crippen LogP contribution in [0, 0.1) is 6.92 Å². The van der Waals surface area contributed by atoms with Gasteiger partial charge in [-0.3, -0.25) is 0 Å². The Labute approximate surface area is 112 Å². The highest BCUT2D eigenvalue weighted by atomic mass is 35.5. The van der Waals surface area contributed by atoms with E-state index in [1.807, 2.05) is 0 Å². The number of carbonyl (C=O) groups is 1. The van der Waals surface area contributed by atoms with E-state index in [9.17, 15) is 4.79 Å². The molecule has 98 valence electrons. The normalized spacial score (nSPS) is 12.7. The molecule has 2 heterocycles. The van der Waals surface area contributed by atoms with Crippen molar-refractivity contribution in [3.8, 4) is 22.8 Å². The van der Waals surface area contributed by atoms with Crippen LogP contribution < -0.4 is 9.47 Å². The molecular weight excluding hydrogens is 274 g/mol. The Hall–Kier alpha value is -2.21. The maximum atomic E-state index is 10.8. The third kappa shape index (κ3) is 1.80. The highest BCUT2D eigenvalue weighted by Gasteiger charge is 2.24. The maximum absolute atomic E-state index is 10.8. The molecule has 0 saturated carbocycles. The molecule has 0 bridgehead atoms. The second kappa shape index (κ2) is 4.17. The molecule has 0 fully saturated rings. The van der Waals surface area contributed by atoms with Crippen molar-refractivity contribution in [3.63, 3.8) is 0 Å². The number of nitrogens with zero attached hydrogens (tertiary/aromatic N) is 1. The average molecular weight is 282 g/mol. The molecule has 0 saturated heterocycles. The molecule has 1 aliphatic heterocycles. The fraction of sp³-hybridized carbons (Fsp3) is 0.167. The first-order valence-electron chi connectivity index (χ1n) is 5.37. The molecule has 2 aromatic rings. The Bertz CT molecular complexity index is 679. The summed E-state index contributed by atoms with van der Waals surface area (Å²) in [4.78, 5) is 10.8. The van der Waals surface area contributed by atoms with Crippen LogP contribution in [0.3, 0.4) is 0 Å². The van der Waals surface area contributed by atoms with Gasteiger partial charge in [-0.05, 0) is 6.92 Å². The Morgan fingerprint density at radius 1 is 1.42 bits per heavy atom. The number of hydrogen-bond acceptors (Lipinski definition) is 5. The van der Waals surface area contributed by atoms with Gasteiger partial charge in [-0.1, -0.05) is 16.8 Å². The first kappa shape index (κ1) is 11.9. The van der Waals surface area contributed by atoms with Gasteiger partial charge in [-0.25, -0.2) is 4.79 Å². The van der Waals surface area contributed by atoms with Crippen LogP contribution in [0.4, 0.5) is 0 Å². The zero-order chi connectivity index (χ0) is 13.6. The second-order valence-electron chi connectivity index (χ2n) is 3.97. The number of aromatic carboxylic acids is 1. The summed E-state index contributed by atoms with van der Waals surface area (Å²) in [5, 5.41) is 12.9. The lowest BCUT2D eigenvalue weighted by Crippen LogP contribution is -1.94. The van der Waals surface area contributed by atoms with Crippen LogP contribution in [0.25, 0.3) is 11.3 Å². The first-order valence-corrected chi connectivity index (χ1v) is 5.75. The third-order valence-electron chi connectivity index (χ3n) is 2.83. The molecule has 6 nitrogen and oxygen atoms in total. The van der Waals surface area contributed by atoms with Crippen LogP contribution in [0.5, 0.6) is 11.5 Å². The molecule has 0 amide bonds. The number of rotatable bonds is 2. The van der Waals surface area contributed by atoms with Gasteiger partial charge in [0.2, 0.25) is 12.6 Å². The summed E-state index contributed by atoms with van der Waals surface area (Å²) in [7, 11) is 0. The Morgan fingerprint density at radius 2 is 2.21 bits per heavy atom. The molecule has 1 aromatic carbocycles. The van der Waals surface area contributed by atoms with Crippen LogP contribution in [-0.4, -0.2) is 23.0 Å². The van der Waals surface area contributed by atoms with Gasteiger partial charge in [-0.2, -0.15) is 0 Å². The average Bonchev–Trinajstić information content (AvgIpc) is 2.97. The lowest BCUT2D eigenvalue weighted by atomic mass is 10.0. The van der Waals surface area contributed by atoms with Gasteiger partial charge < -0.3 is 19.1 Å². The van der Waals surface area contributed by atoms with Gasteiger partial charge in [0.05, 0.1) is 5.02 Å². The lowest BCUT2D eigenvalue weighted by Gasteiger charge is -2.08. The molecule has 1 aromatic heterocycles. The second-order valence-corrected chi connectivity index (χ2v) is 4.38. The zero-order valence-electron chi connectivity index (χ0n) is 9.77. The Kier molecular flexibility index (Phi) is 2.60. The monoisotopic (exact) mass is 281 g/mol. The third-order valence-corrected chi connectivity index (χ3v) is 3.13. The number of aromatic nitrogens is 1. The van der Waals surface area contributed by atoms with Crippen LogP contribution >= 0.6 is 11.6 Å². The molecule has 7 heteroatoms. The highest BCUT2D eigenvalue weighted by Crippen LogP contribution is 2.44. The maximum Gasteiger partial charge on any atom is 0.374 e. The topological polar surface area (TPSA) is 81.8 Å². The van der Waals surface area contributed by atoms with Crippen LogP contribution in [0.2, 0.25) is 5.02 Å². The number of halogens is 1. The fourth-order valence-electron chi connectivity index (χ4n) is 1.98. The van der Waals surface area contributed by atoms with Gasteiger partial charge in [0.1, 0.15) is 5.69 Å². The van der Waals surface area contributed by atoms with Crippen molar-refractivity contribution in [2.45, 2.75) is 6.92 Å². The van der Waals surface area contributed by atoms with E-state index in [0.29, 0.717) is 27.8 Å². The van der Waals surface area contributed by atoms with Crippen LogP contribution in [0.1, 0.15) is 16.1 Å². The van der Waals surface area contributed by atoms with Crippen molar-refractivity contribution in [1.82, 2.24) is 5.16 Å². The molecule has 0 aliphatic carbocycles. The molecule has 0 spiro atoms. The van der Waals surface area contributed by atoms with Gasteiger partial charge in [0.25, 0.3) is 0 Å². The van der Waals surface area contributed by atoms with Crippen molar-refractivity contribution in [3.05, 3.63) is 28.5 Å². The molecule has 0 unspecified atom stereocenters. The minimum absolute atomic E-state index is 0.134. The summed E-state index contributed by atoms with van der Waals surface area (Å²) in [5.41, 5.74) is 1.64. The molecule has 0 atom stereocenters. The largest absolute Gasteiger partial charge is 0.475 e. The number of benzene rings is 1. The molecule has 19 heavy (non-hydrogen) atoms. The van der Waals surface area contributed by atoms with Crippen molar-refractivity contribution < 1.29 is 23.9 Å². The number of carboxylic acids is 1. The fourth-order valence-corrected chi connectivity index (χ4v) is 2.31. The van der Waals surface area contributed by atoms with Gasteiger partial charge in [0, 0.05) is 23.3 Å². The van der Waals surface area contributed by atoms with E-state index >= 15 is 0 Å². The highest BCUT2D eigenvalue weighted by molar-refractivity contribution is 6.33. The molecule has 0 radical (unpaired) electrons. The number of carboxylic acid groups (broad SMARTS) is 1. The summed E-state index contributed by atoms with van der Waals surface area (Å²) < 4.78 is 15.3. The van der Waals surface area contributed by atoms with Crippen LogP contribution in [-0.2, 0) is 0 Å². The zero-order valence-corrected chi connectivity index (χ0v) is 10.5. The number of ether oxygens (including phenoxy) is 2. The molecular formula is C12H8ClNO5. The number of hydrogen-bond donors (Lipinski definition) is 1. The minimum Gasteiger partial charge on any atom is -0.475 e. The standard InChI is InChI=1S/C12H8ClNO5/c1-5-10(7-3-9(12(15)16)19-14-7)6(13)2-8-11(5)18-4-17-8/h2-3H,4H2,1H3,(H,15,16). The summed E-state index contributed by atoms with van der Waals surface area (Å²) in [6, 6.07) is 2.93. The lowest BCUT2D eigenvalue weighted by molar-refractivity contribution is 0.0652. The summed E-state index contributed by atoms with van der Waals surface area (Å²) in [5.74, 6) is -0.288. The van der Waals surface area contributed by atoms with Crippen molar-refractivity contribution >= 4 is 17.6 Å². The predicted molar refractivity (Wildman–Crippen MR) is 64.8 cm³/mol.